The van der Waals surface area contributed by atoms with Crippen molar-refractivity contribution in [2.75, 3.05) is 38.9 Å². The third-order valence-corrected chi connectivity index (χ3v) is 3.17. The van der Waals surface area contributed by atoms with Gasteiger partial charge in [0.05, 0.1) is 25.6 Å². The van der Waals surface area contributed by atoms with Crippen LogP contribution in [0.25, 0.3) is 0 Å². The highest BCUT2D eigenvalue weighted by Gasteiger charge is 2.08. The number of hydrogen-bond donors (Lipinski definition) is 1. The van der Waals surface area contributed by atoms with Gasteiger partial charge in [-0.15, -0.1) is 5.11 Å². The van der Waals surface area contributed by atoms with Gasteiger partial charge in [-0.25, -0.2) is 0 Å². The molecule has 22 heavy (non-hydrogen) atoms. The van der Waals surface area contributed by atoms with E-state index in [2.05, 4.69) is 10.2 Å². The van der Waals surface area contributed by atoms with Gasteiger partial charge >= 0.3 is 0 Å². The van der Waals surface area contributed by atoms with Gasteiger partial charge in [0.2, 0.25) is 0 Å². The highest BCUT2D eigenvalue weighted by Crippen LogP contribution is 2.37. The number of benzene rings is 2. The van der Waals surface area contributed by atoms with Crippen LogP contribution in [0.4, 0.5) is 22.7 Å². The van der Waals surface area contributed by atoms with Crippen molar-refractivity contribution in [2.24, 2.45) is 10.2 Å². The molecule has 0 saturated heterocycles. The van der Waals surface area contributed by atoms with Crippen molar-refractivity contribution < 1.29 is 9.47 Å². The molecule has 2 aromatic carbocycles. The van der Waals surface area contributed by atoms with Crippen LogP contribution < -0.4 is 20.1 Å². The molecule has 6 nitrogen and oxygen atoms in total. The van der Waals surface area contributed by atoms with E-state index in [1.165, 1.54) is 0 Å². The van der Waals surface area contributed by atoms with Crippen molar-refractivity contribution in [1.82, 2.24) is 0 Å². The maximum absolute atomic E-state index is 5.85. The van der Waals surface area contributed by atoms with Gasteiger partial charge in [0, 0.05) is 31.9 Å². The standard InChI is InChI=1S/C16H20N4O2/c1-20(2)12-7-5-11(6-8-12)18-19-14-10-15(21-3)13(17)9-16(14)22-4/h5-10H,17H2,1-4H3. The van der Waals surface area contributed by atoms with Gasteiger partial charge in [-0.2, -0.15) is 5.11 Å². The Hall–Kier alpha value is -2.76. The van der Waals surface area contributed by atoms with E-state index in [1.54, 1.807) is 26.4 Å². The third-order valence-electron chi connectivity index (χ3n) is 3.17. The molecule has 0 aliphatic rings. The van der Waals surface area contributed by atoms with Gasteiger partial charge in [-0.05, 0) is 24.3 Å². The molecule has 116 valence electrons. The topological polar surface area (TPSA) is 72.4 Å². The second-order valence-corrected chi connectivity index (χ2v) is 4.88. The van der Waals surface area contributed by atoms with E-state index in [-0.39, 0.29) is 0 Å². The summed E-state index contributed by atoms with van der Waals surface area (Å²) in [5.74, 6) is 1.09. The van der Waals surface area contributed by atoms with Crippen molar-refractivity contribution in [1.29, 1.82) is 0 Å². The van der Waals surface area contributed by atoms with Gasteiger partial charge < -0.3 is 20.1 Å². The van der Waals surface area contributed by atoms with Crippen LogP contribution in [0.2, 0.25) is 0 Å². The first-order chi connectivity index (χ1) is 10.5. The second kappa shape index (κ2) is 6.80. The molecule has 2 rings (SSSR count). The number of nitrogens with two attached hydrogens (primary N) is 1. The van der Waals surface area contributed by atoms with Gasteiger partial charge in [0.15, 0.2) is 0 Å². The molecule has 0 radical (unpaired) electrons. The zero-order chi connectivity index (χ0) is 16.1. The number of rotatable bonds is 5. The number of nitrogens with zero attached hydrogens (tertiary/aromatic N) is 3. The summed E-state index contributed by atoms with van der Waals surface area (Å²) in [5.41, 5.74) is 8.76. The van der Waals surface area contributed by atoms with Crippen LogP contribution >= 0.6 is 0 Å². The Bertz CT molecular complexity index is 667. The van der Waals surface area contributed by atoms with Gasteiger partial charge in [0.1, 0.15) is 17.2 Å². The lowest BCUT2D eigenvalue weighted by Gasteiger charge is -2.11. The Balaban J connectivity index is 2.28. The first-order valence-electron chi connectivity index (χ1n) is 6.75. The van der Waals surface area contributed by atoms with E-state index in [1.807, 2.05) is 43.3 Å². The highest BCUT2D eigenvalue weighted by atomic mass is 16.5. The van der Waals surface area contributed by atoms with Crippen LogP contribution in [0, 0.1) is 0 Å². The summed E-state index contributed by atoms with van der Waals surface area (Å²) in [6, 6.07) is 11.1. The van der Waals surface area contributed by atoms with Crippen molar-refractivity contribution in [3.05, 3.63) is 36.4 Å². The molecular formula is C16H20N4O2. The summed E-state index contributed by atoms with van der Waals surface area (Å²) in [5, 5.41) is 8.44. The fourth-order valence-corrected chi connectivity index (χ4v) is 1.91. The Kier molecular flexibility index (Phi) is 4.83. The van der Waals surface area contributed by atoms with Gasteiger partial charge in [0.25, 0.3) is 0 Å². The van der Waals surface area contributed by atoms with E-state index in [0.717, 1.165) is 11.4 Å². The quantitative estimate of drug-likeness (QED) is 0.674. The van der Waals surface area contributed by atoms with E-state index < -0.39 is 0 Å². The minimum atomic E-state index is 0.494. The third kappa shape index (κ3) is 3.46. The van der Waals surface area contributed by atoms with Crippen LogP contribution in [-0.2, 0) is 0 Å². The normalized spacial score (nSPS) is 10.7. The van der Waals surface area contributed by atoms with Gasteiger partial charge in [-0.1, -0.05) is 0 Å². The van der Waals surface area contributed by atoms with Crippen molar-refractivity contribution in [3.63, 3.8) is 0 Å². The van der Waals surface area contributed by atoms with Crippen LogP contribution in [-0.4, -0.2) is 28.3 Å². The maximum atomic E-state index is 5.85. The fourth-order valence-electron chi connectivity index (χ4n) is 1.91. The molecule has 0 aliphatic carbocycles. The molecule has 0 spiro atoms. The fraction of sp³-hybridized carbons (Fsp3) is 0.250. The monoisotopic (exact) mass is 300 g/mol. The molecular weight excluding hydrogens is 280 g/mol. The Morgan fingerprint density at radius 1 is 0.909 bits per heavy atom. The molecule has 0 fully saturated rings. The number of hydrogen-bond acceptors (Lipinski definition) is 6. The molecule has 6 heteroatoms. The molecule has 0 aromatic heterocycles. The molecule has 2 N–H and O–H groups in total. The summed E-state index contributed by atoms with van der Waals surface area (Å²) < 4.78 is 10.5. The molecule has 0 unspecified atom stereocenters. The zero-order valence-corrected chi connectivity index (χ0v) is 13.2. The maximum Gasteiger partial charge on any atom is 0.148 e. The molecule has 0 saturated carbocycles. The Morgan fingerprint density at radius 2 is 1.55 bits per heavy atom. The SMILES string of the molecule is COc1cc(N=Nc2ccc(N(C)C)cc2)c(OC)cc1N. The number of anilines is 2. The Labute approximate surface area is 130 Å². The number of azo groups is 1. The summed E-state index contributed by atoms with van der Waals surface area (Å²) in [6.07, 6.45) is 0. The predicted molar refractivity (Wildman–Crippen MR) is 88.9 cm³/mol. The van der Waals surface area contributed by atoms with Crippen molar-refractivity contribution in [3.8, 4) is 11.5 Å². The van der Waals surface area contributed by atoms with Crippen LogP contribution in [0.5, 0.6) is 11.5 Å². The zero-order valence-electron chi connectivity index (χ0n) is 13.2. The van der Waals surface area contributed by atoms with Gasteiger partial charge in [-0.3, -0.25) is 0 Å². The lowest BCUT2D eigenvalue weighted by Crippen LogP contribution is -2.07. The van der Waals surface area contributed by atoms with E-state index in [4.69, 9.17) is 15.2 Å². The van der Waals surface area contributed by atoms with Crippen LogP contribution in [0.3, 0.4) is 0 Å². The molecule has 0 aliphatic heterocycles. The smallest absolute Gasteiger partial charge is 0.148 e. The molecule has 2 aromatic rings. The average molecular weight is 300 g/mol. The lowest BCUT2D eigenvalue weighted by atomic mass is 10.2. The molecule has 0 bridgehead atoms. The first-order valence-corrected chi connectivity index (χ1v) is 6.75. The van der Waals surface area contributed by atoms with E-state index >= 15 is 0 Å². The highest BCUT2D eigenvalue weighted by molar-refractivity contribution is 5.67. The summed E-state index contributed by atoms with van der Waals surface area (Å²) in [6.45, 7) is 0. The van der Waals surface area contributed by atoms with E-state index in [9.17, 15) is 0 Å². The number of methoxy groups -OCH3 is 2. The summed E-state index contributed by atoms with van der Waals surface area (Å²) >= 11 is 0. The van der Waals surface area contributed by atoms with E-state index in [0.29, 0.717) is 22.9 Å². The van der Waals surface area contributed by atoms with Crippen molar-refractivity contribution in [2.45, 2.75) is 0 Å². The number of ether oxygens (including phenoxy) is 2. The lowest BCUT2D eigenvalue weighted by molar-refractivity contribution is 0.406. The predicted octanol–water partition coefficient (Wildman–Crippen LogP) is 3.77. The van der Waals surface area contributed by atoms with Crippen LogP contribution in [0.1, 0.15) is 0 Å². The van der Waals surface area contributed by atoms with Crippen LogP contribution in [0.15, 0.2) is 46.6 Å². The summed E-state index contributed by atoms with van der Waals surface area (Å²) in [4.78, 5) is 2.02. The average Bonchev–Trinajstić information content (AvgIpc) is 2.53. The first kappa shape index (κ1) is 15.6. The minimum absolute atomic E-state index is 0.494. The molecule has 0 heterocycles. The Morgan fingerprint density at radius 3 is 2.09 bits per heavy atom. The largest absolute Gasteiger partial charge is 0.495 e. The molecule has 0 amide bonds. The second-order valence-electron chi connectivity index (χ2n) is 4.88. The van der Waals surface area contributed by atoms with Crippen molar-refractivity contribution >= 4 is 22.7 Å². The summed E-state index contributed by atoms with van der Waals surface area (Å²) in [7, 11) is 7.09. The minimum Gasteiger partial charge on any atom is -0.495 e. The molecule has 0 atom stereocenters. The number of nitrogen functional groups attached to an aromatic ring is 1.